The molecule has 1 aromatic heterocycles. The molecule has 0 spiro atoms. The van der Waals surface area contributed by atoms with Gasteiger partial charge < -0.3 is 16.1 Å². The maximum Gasteiger partial charge on any atom is 0.264 e. The predicted octanol–water partition coefficient (Wildman–Crippen LogP) is 2.69. The lowest BCUT2D eigenvalue weighted by atomic mass is 10.2. The Kier molecular flexibility index (Phi) is 8.50. The van der Waals surface area contributed by atoms with Gasteiger partial charge in [-0.25, -0.2) is 10.1 Å². The number of nitrogens with one attached hydrogen (secondary N) is 2. The quantitative estimate of drug-likeness (QED) is 0.177. The van der Waals surface area contributed by atoms with Gasteiger partial charge in [-0.2, -0.15) is 5.10 Å². The molecule has 0 aliphatic heterocycles. The lowest BCUT2D eigenvalue weighted by Gasteiger charge is -2.20. The lowest BCUT2D eigenvalue weighted by Crippen LogP contribution is -2.25. The monoisotopic (exact) mass is 452 g/mol. The number of rotatable bonds is 11. The minimum Gasteiger partial charge on any atom is -0.372 e. The SMILES string of the molecule is CCN(CC)c1ccc(/C=N/Nc2nnc(SCC(=O)NCc3ccccc3)n2N)cc1. The van der Waals surface area contributed by atoms with Crippen LogP contribution in [-0.2, 0) is 11.3 Å². The zero-order valence-corrected chi connectivity index (χ0v) is 19.0. The Balaban J connectivity index is 1.47. The molecule has 0 fully saturated rings. The molecule has 0 aliphatic carbocycles. The van der Waals surface area contributed by atoms with Gasteiger partial charge in [0.25, 0.3) is 5.95 Å². The number of hydrogen-bond donors (Lipinski definition) is 3. The Hall–Kier alpha value is -3.53. The van der Waals surface area contributed by atoms with Gasteiger partial charge in [-0.1, -0.05) is 54.2 Å². The molecular weight excluding hydrogens is 424 g/mol. The Morgan fingerprint density at radius 1 is 1.12 bits per heavy atom. The fourth-order valence-corrected chi connectivity index (χ4v) is 3.64. The van der Waals surface area contributed by atoms with Crippen LogP contribution in [0.3, 0.4) is 0 Å². The van der Waals surface area contributed by atoms with Gasteiger partial charge in [-0.3, -0.25) is 4.79 Å². The molecule has 0 unspecified atom stereocenters. The normalized spacial score (nSPS) is 10.9. The third-order valence-corrected chi connectivity index (χ3v) is 5.67. The maximum atomic E-state index is 12.1. The first-order valence-electron chi connectivity index (χ1n) is 10.4. The first-order chi connectivity index (χ1) is 15.6. The van der Waals surface area contributed by atoms with Crippen molar-refractivity contribution in [2.45, 2.75) is 25.5 Å². The van der Waals surface area contributed by atoms with Crippen LogP contribution in [0.1, 0.15) is 25.0 Å². The van der Waals surface area contributed by atoms with Crippen molar-refractivity contribution < 1.29 is 4.79 Å². The third kappa shape index (κ3) is 6.48. The van der Waals surface area contributed by atoms with Crippen LogP contribution in [-0.4, -0.2) is 45.8 Å². The second-order valence-corrected chi connectivity index (χ2v) is 7.80. The molecule has 3 rings (SSSR count). The summed E-state index contributed by atoms with van der Waals surface area (Å²) in [5.74, 6) is 6.38. The van der Waals surface area contributed by atoms with Gasteiger partial charge in [0, 0.05) is 25.3 Å². The maximum absolute atomic E-state index is 12.1. The van der Waals surface area contributed by atoms with E-state index >= 15 is 0 Å². The molecule has 2 aromatic carbocycles. The molecule has 9 nitrogen and oxygen atoms in total. The highest BCUT2D eigenvalue weighted by atomic mass is 32.2. The van der Waals surface area contributed by atoms with E-state index < -0.39 is 0 Å². The van der Waals surface area contributed by atoms with Crippen molar-refractivity contribution >= 4 is 35.5 Å². The van der Waals surface area contributed by atoms with Crippen molar-refractivity contribution in [2.24, 2.45) is 5.10 Å². The van der Waals surface area contributed by atoms with Crippen LogP contribution in [0, 0.1) is 0 Å². The molecule has 32 heavy (non-hydrogen) atoms. The van der Waals surface area contributed by atoms with Crippen molar-refractivity contribution in [2.75, 3.05) is 35.0 Å². The Bertz CT molecular complexity index is 1020. The van der Waals surface area contributed by atoms with E-state index in [1.807, 2.05) is 42.5 Å². The van der Waals surface area contributed by atoms with Crippen molar-refractivity contribution in [3.05, 3.63) is 65.7 Å². The standard InChI is InChI=1S/C22H28N8OS/c1-3-29(4-2)19-12-10-18(11-13-19)15-25-26-21-27-28-22(30(21)23)32-16-20(31)24-14-17-8-6-5-7-9-17/h5-13,15H,3-4,14,16,23H2,1-2H3,(H,24,31)(H,26,27)/b25-15+. The number of benzene rings is 2. The molecule has 10 heteroatoms. The number of carbonyl (C=O) groups excluding carboxylic acids is 1. The number of carbonyl (C=O) groups is 1. The van der Waals surface area contributed by atoms with Gasteiger partial charge in [-0.05, 0) is 37.1 Å². The number of hydrogen-bond acceptors (Lipinski definition) is 8. The predicted molar refractivity (Wildman–Crippen MR) is 130 cm³/mol. The second-order valence-electron chi connectivity index (χ2n) is 6.86. The molecular formula is C22H28N8OS. The molecule has 0 radical (unpaired) electrons. The van der Waals surface area contributed by atoms with Gasteiger partial charge in [0.05, 0.1) is 12.0 Å². The minimum atomic E-state index is -0.109. The number of aromatic nitrogens is 3. The zero-order chi connectivity index (χ0) is 22.8. The fraction of sp³-hybridized carbons (Fsp3) is 0.273. The van der Waals surface area contributed by atoms with Gasteiger partial charge >= 0.3 is 0 Å². The minimum absolute atomic E-state index is 0.109. The summed E-state index contributed by atoms with van der Waals surface area (Å²) in [6, 6.07) is 17.9. The smallest absolute Gasteiger partial charge is 0.264 e. The number of thioether (sulfide) groups is 1. The third-order valence-electron chi connectivity index (χ3n) is 4.73. The fourth-order valence-electron chi connectivity index (χ4n) is 2.95. The van der Waals surface area contributed by atoms with Crippen molar-refractivity contribution in [1.82, 2.24) is 20.2 Å². The molecule has 1 heterocycles. The molecule has 3 aromatic rings. The van der Waals surface area contributed by atoms with Crippen LogP contribution < -0.4 is 21.5 Å². The highest BCUT2D eigenvalue weighted by Gasteiger charge is 2.12. The van der Waals surface area contributed by atoms with E-state index in [1.165, 1.54) is 22.1 Å². The summed E-state index contributed by atoms with van der Waals surface area (Å²) in [5, 5.41) is 15.5. The number of anilines is 2. The molecule has 0 aliphatic rings. The largest absolute Gasteiger partial charge is 0.372 e. The van der Waals surface area contributed by atoms with E-state index in [4.69, 9.17) is 5.84 Å². The zero-order valence-electron chi connectivity index (χ0n) is 18.2. The molecule has 0 saturated carbocycles. The highest BCUT2D eigenvalue weighted by Crippen LogP contribution is 2.17. The van der Waals surface area contributed by atoms with Crippen LogP contribution in [0.25, 0.3) is 0 Å². The van der Waals surface area contributed by atoms with Crippen LogP contribution in [0.15, 0.2) is 64.9 Å². The van der Waals surface area contributed by atoms with Crippen LogP contribution >= 0.6 is 11.8 Å². The number of nitrogens with zero attached hydrogens (tertiary/aromatic N) is 5. The highest BCUT2D eigenvalue weighted by molar-refractivity contribution is 7.99. The van der Waals surface area contributed by atoms with E-state index in [-0.39, 0.29) is 17.6 Å². The van der Waals surface area contributed by atoms with Crippen molar-refractivity contribution in [3.63, 3.8) is 0 Å². The van der Waals surface area contributed by atoms with E-state index in [0.29, 0.717) is 11.7 Å². The molecule has 168 valence electrons. The topological polar surface area (TPSA) is 113 Å². The summed E-state index contributed by atoms with van der Waals surface area (Å²) in [7, 11) is 0. The van der Waals surface area contributed by atoms with Crippen molar-refractivity contribution in [3.8, 4) is 0 Å². The van der Waals surface area contributed by atoms with E-state index in [2.05, 4.69) is 56.9 Å². The summed E-state index contributed by atoms with van der Waals surface area (Å²) >= 11 is 1.21. The average molecular weight is 453 g/mol. The Morgan fingerprint density at radius 3 is 2.53 bits per heavy atom. The van der Waals surface area contributed by atoms with Gasteiger partial charge in [0.2, 0.25) is 11.1 Å². The van der Waals surface area contributed by atoms with Crippen LogP contribution in [0.5, 0.6) is 0 Å². The van der Waals surface area contributed by atoms with Crippen LogP contribution in [0.2, 0.25) is 0 Å². The molecule has 0 atom stereocenters. The summed E-state index contributed by atoms with van der Waals surface area (Å²) in [4.78, 5) is 14.3. The van der Waals surface area contributed by atoms with E-state index in [1.54, 1.807) is 6.21 Å². The van der Waals surface area contributed by atoms with Gasteiger partial charge in [0.15, 0.2) is 0 Å². The first-order valence-corrected chi connectivity index (χ1v) is 11.4. The van der Waals surface area contributed by atoms with E-state index in [0.717, 1.165) is 24.2 Å². The number of hydrazone groups is 1. The lowest BCUT2D eigenvalue weighted by molar-refractivity contribution is -0.118. The number of amides is 1. The molecule has 0 saturated heterocycles. The summed E-state index contributed by atoms with van der Waals surface area (Å²) in [6.45, 7) is 6.68. The summed E-state index contributed by atoms with van der Waals surface area (Å²) in [6.07, 6.45) is 1.69. The molecule has 0 bridgehead atoms. The number of nitrogen functional groups attached to an aromatic ring is 1. The van der Waals surface area contributed by atoms with Gasteiger partial charge in [0.1, 0.15) is 0 Å². The summed E-state index contributed by atoms with van der Waals surface area (Å²) < 4.78 is 1.27. The molecule has 4 N–H and O–H groups in total. The van der Waals surface area contributed by atoms with Crippen LogP contribution in [0.4, 0.5) is 11.6 Å². The Morgan fingerprint density at radius 2 is 1.84 bits per heavy atom. The first kappa shape index (κ1) is 23.1. The van der Waals surface area contributed by atoms with Crippen molar-refractivity contribution in [1.29, 1.82) is 0 Å². The van der Waals surface area contributed by atoms with Gasteiger partial charge in [-0.15, -0.1) is 10.2 Å². The summed E-state index contributed by atoms with van der Waals surface area (Å²) in [5.41, 5.74) is 5.95. The second kappa shape index (κ2) is 11.8. The molecule has 1 amide bonds. The Labute approximate surface area is 192 Å². The number of nitrogens with two attached hydrogens (primary N) is 1. The van der Waals surface area contributed by atoms with E-state index in [9.17, 15) is 4.79 Å². The average Bonchev–Trinajstić information content (AvgIpc) is 3.18.